The van der Waals surface area contributed by atoms with Crippen molar-refractivity contribution >= 4 is 15.9 Å². The topological polar surface area (TPSA) is 0 Å². The lowest BCUT2D eigenvalue weighted by molar-refractivity contribution is 0.505. The fraction of sp³-hybridized carbons (Fsp3) is 0.571. The quantitative estimate of drug-likeness (QED) is 0.709. The highest BCUT2D eigenvalue weighted by Crippen LogP contribution is 2.42. The minimum absolute atomic E-state index is 0.437. The highest BCUT2D eigenvalue weighted by Gasteiger charge is 2.34. The molecule has 15 heavy (non-hydrogen) atoms. The van der Waals surface area contributed by atoms with E-state index < -0.39 is 0 Å². The Bertz CT molecular complexity index is 307. The Morgan fingerprint density at radius 3 is 2.20 bits per heavy atom. The first-order valence-corrected chi connectivity index (χ1v) is 7.08. The van der Waals surface area contributed by atoms with E-state index in [0.717, 1.165) is 11.8 Å². The first-order chi connectivity index (χ1) is 7.30. The molecule has 0 bridgehead atoms. The zero-order valence-corrected chi connectivity index (χ0v) is 11.0. The highest BCUT2D eigenvalue weighted by molar-refractivity contribution is 9.09. The Kier molecular flexibility index (Phi) is 3.50. The lowest BCUT2D eigenvalue weighted by Gasteiger charge is -2.27. The molecular weight excluding hydrogens is 248 g/mol. The van der Waals surface area contributed by atoms with Gasteiger partial charge in [0.05, 0.1) is 0 Å². The normalized spacial score (nSPS) is 19.3. The summed E-state index contributed by atoms with van der Waals surface area (Å²) in [5.74, 6) is 0. The van der Waals surface area contributed by atoms with Crippen molar-refractivity contribution in [1.29, 1.82) is 0 Å². The van der Waals surface area contributed by atoms with Gasteiger partial charge in [-0.25, -0.2) is 0 Å². The second-order valence-electron chi connectivity index (χ2n) is 4.67. The molecule has 0 aliphatic heterocycles. The van der Waals surface area contributed by atoms with Gasteiger partial charge in [-0.05, 0) is 30.4 Å². The van der Waals surface area contributed by atoms with Crippen molar-refractivity contribution in [2.45, 2.75) is 44.4 Å². The molecule has 2 rings (SSSR count). The summed E-state index contributed by atoms with van der Waals surface area (Å²) in [5, 5.41) is 1.12. The van der Waals surface area contributed by atoms with Crippen LogP contribution in [0.15, 0.2) is 24.3 Å². The van der Waals surface area contributed by atoms with E-state index in [0.29, 0.717) is 5.41 Å². The Morgan fingerprint density at radius 2 is 1.73 bits per heavy atom. The van der Waals surface area contributed by atoms with Crippen molar-refractivity contribution < 1.29 is 0 Å². The van der Waals surface area contributed by atoms with Crippen LogP contribution in [0.3, 0.4) is 0 Å². The van der Waals surface area contributed by atoms with Gasteiger partial charge >= 0.3 is 0 Å². The van der Waals surface area contributed by atoms with Crippen LogP contribution in [0, 0.1) is 0 Å². The third-order valence-electron chi connectivity index (χ3n) is 3.79. The van der Waals surface area contributed by atoms with Crippen molar-refractivity contribution in [3.05, 3.63) is 35.4 Å². The lowest BCUT2D eigenvalue weighted by Crippen LogP contribution is -2.23. The molecule has 0 atom stereocenters. The number of benzene rings is 1. The van der Waals surface area contributed by atoms with E-state index in [2.05, 4.69) is 47.1 Å². The van der Waals surface area contributed by atoms with Crippen molar-refractivity contribution in [2.75, 3.05) is 5.33 Å². The number of hydrogen-bond acceptors (Lipinski definition) is 0. The van der Waals surface area contributed by atoms with E-state index in [9.17, 15) is 0 Å². The molecule has 1 aliphatic rings. The van der Waals surface area contributed by atoms with E-state index in [-0.39, 0.29) is 0 Å². The molecule has 0 aromatic heterocycles. The summed E-state index contributed by atoms with van der Waals surface area (Å²) in [5.41, 5.74) is 3.42. The fourth-order valence-corrected chi connectivity index (χ4v) is 3.53. The smallest absolute Gasteiger partial charge is 0.0129 e. The molecule has 1 heteroatoms. The summed E-state index contributed by atoms with van der Waals surface area (Å²) in [6, 6.07) is 9.26. The molecule has 0 unspecified atom stereocenters. The molecule has 82 valence electrons. The Labute approximate surface area is 101 Å². The molecule has 1 saturated carbocycles. The SMILES string of the molecule is CCc1ccc(C2(CBr)CCCC2)cc1. The van der Waals surface area contributed by atoms with Gasteiger partial charge < -0.3 is 0 Å². The zero-order valence-electron chi connectivity index (χ0n) is 9.43. The van der Waals surface area contributed by atoms with E-state index in [1.165, 1.54) is 36.8 Å². The molecule has 0 saturated heterocycles. The maximum atomic E-state index is 3.71. The van der Waals surface area contributed by atoms with Crippen LogP contribution in [-0.2, 0) is 11.8 Å². The first-order valence-electron chi connectivity index (χ1n) is 5.96. The maximum absolute atomic E-state index is 3.71. The van der Waals surface area contributed by atoms with Crippen molar-refractivity contribution in [1.82, 2.24) is 0 Å². The number of alkyl halides is 1. The third kappa shape index (κ3) is 2.13. The lowest BCUT2D eigenvalue weighted by atomic mass is 9.81. The van der Waals surface area contributed by atoms with Crippen LogP contribution in [0.2, 0.25) is 0 Å². The first kappa shape index (κ1) is 11.2. The van der Waals surface area contributed by atoms with Crippen LogP contribution in [0.25, 0.3) is 0 Å². The van der Waals surface area contributed by atoms with Gasteiger partial charge in [0.25, 0.3) is 0 Å². The molecule has 0 N–H and O–H groups in total. The molecule has 1 fully saturated rings. The monoisotopic (exact) mass is 266 g/mol. The minimum atomic E-state index is 0.437. The van der Waals surface area contributed by atoms with Gasteiger partial charge in [-0.15, -0.1) is 0 Å². The molecule has 0 spiro atoms. The van der Waals surface area contributed by atoms with Gasteiger partial charge in [-0.3, -0.25) is 0 Å². The molecule has 0 amide bonds. The second kappa shape index (κ2) is 4.69. The number of halogens is 1. The van der Waals surface area contributed by atoms with Crippen LogP contribution in [0.5, 0.6) is 0 Å². The summed E-state index contributed by atoms with van der Waals surface area (Å²) in [6.07, 6.45) is 6.62. The van der Waals surface area contributed by atoms with Crippen LogP contribution in [0.1, 0.15) is 43.7 Å². The largest absolute Gasteiger partial charge is 0.0918 e. The fourth-order valence-electron chi connectivity index (χ4n) is 2.65. The molecule has 1 aromatic carbocycles. The van der Waals surface area contributed by atoms with Gasteiger partial charge in [0.1, 0.15) is 0 Å². The number of aryl methyl sites for hydroxylation is 1. The van der Waals surface area contributed by atoms with E-state index in [4.69, 9.17) is 0 Å². The molecule has 1 aliphatic carbocycles. The number of rotatable bonds is 3. The van der Waals surface area contributed by atoms with Crippen LogP contribution < -0.4 is 0 Å². The van der Waals surface area contributed by atoms with Gasteiger partial charge in [0.2, 0.25) is 0 Å². The molecular formula is C14H19Br. The van der Waals surface area contributed by atoms with Crippen LogP contribution in [0.4, 0.5) is 0 Å². The average molecular weight is 267 g/mol. The Morgan fingerprint density at radius 1 is 1.13 bits per heavy atom. The highest BCUT2D eigenvalue weighted by atomic mass is 79.9. The molecule has 0 nitrogen and oxygen atoms in total. The summed E-state index contributed by atoms with van der Waals surface area (Å²) in [7, 11) is 0. The Balaban J connectivity index is 2.26. The minimum Gasteiger partial charge on any atom is -0.0918 e. The standard InChI is InChI=1S/C14H19Br/c1-2-12-5-7-13(8-6-12)14(11-15)9-3-4-10-14/h5-8H,2-4,9-11H2,1H3. The predicted octanol–water partition coefficient (Wildman–Crippen LogP) is 4.46. The summed E-state index contributed by atoms with van der Waals surface area (Å²) < 4.78 is 0. The molecule has 0 heterocycles. The molecule has 1 aromatic rings. The van der Waals surface area contributed by atoms with E-state index >= 15 is 0 Å². The third-order valence-corrected chi connectivity index (χ3v) is 4.86. The van der Waals surface area contributed by atoms with E-state index in [1.54, 1.807) is 0 Å². The van der Waals surface area contributed by atoms with Crippen molar-refractivity contribution in [2.24, 2.45) is 0 Å². The summed E-state index contributed by atoms with van der Waals surface area (Å²) in [4.78, 5) is 0. The van der Waals surface area contributed by atoms with Crippen molar-refractivity contribution in [3.8, 4) is 0 Å². The van der Waals surface area contributed by atoms with E-state index in [1.807, 2.05) is 0 Å². The predicted molar refractivity (Wildman–Crippen MR) is 69.8 cm³/mol. The van der Waals surface area contributed by atoms with Gasteiger partial charge in [0.15, 0.2) is 0 Å². The summed E-state index contributed by atoms with van der Waals surface area (Å²) >= 11 is 3.71. The average Bonchev–Trinajstić information content (AvgIpc) is 2.79. The van der Waals surface area contributed by atoms with Gasteiger partial charge in [0, 0.05) is 10.7 Å². The van der Waals surface area contributed by atoms with Crippen molar-refractivity contribution in [3.63, 3.8) is 0 Å². The Hall–Kier alpha value is -0.300. The van der Waals surface area contributed by atoms with Crippen LogP contribution in [-0.4, -0.2) is 5.33 Å². The van der Waals surface area contributed by atoms with Gasteiger partial charge in [-0.2, -0.15) is 0 Å². The maximum Gasteiger partial charge on any atom is 0.0129 e. The molecule has 0 radical (unpaired) electrons. The van der Waals surface area contributed by atoms with Gasteiger partial charge in [-0.1, -0.05) is 60.0 Å². The zero-order chi connectivity index (χ0) is 10.7. The second-order valence-corrected chi connectivity index (χ2v) is 5.23. The number of hydrogen-bond donors (Lipinski definition) is 0. The van der Waals surface area contributed by atoms with Crippen LogP contribution >= 0.6 is 15.9 Å². The summed E-state index contributed by atoms with van der Waals surface area (Å²) in [6.45, 7) is 2.21.